The van der Waals surface area contributed by atoms with Crippen LogP contribution in [0.2, 0.25) is 0 Å². The fraction of sp³-hybridized carbons (Fsp3) is 0.474. The number of ether oxygens (including phenoxy) is 1. The van der Waals surface area contributed by atoms with Crippen molar-refractivity contribution in [2.75, 3.05) is 19.0 Å². The maximum absolute atomic E-state index is 12.7. The van der Waals surface area contributed by atoms with Crippen molar-refractivity contribution in [3.63, 3.8) is 0 Å². The summed E-state index contributed by atoms with van der Waals surface area (Å²) in [7, 11) is 3.50. The summed E-state index contributed by atoms with van der Waals surface area (Å²) < 4.78 is 7.01. The number of anilines is 1. The van der Waals surface area contributed by atoms with Gasteiger partial charge in [0.2, 0.25) is 0 Å². The molecule has 1 unspecified atom stereocenters. The summed E-state index contributed by atoms with van der Waals surface area (Å²) in [5.41, 5.74) is 2.00. The topological polar surface area (TPSA) is 59.4 Å². The molecular weight excluding hydrogens is 316 g/mol. The van der Waals surface area contributed by atoms with Gasteiger partial charge in [0.25, 0.3) is 0 Å². The average molecular weight is 342 g/mol. The molecule has 1 aromatic carbocycles. The third-order valence-corrected chi connectivity index (χ3v) is 4.64. The molecule has 1 N–H and O–H groups in total. The highest BCUT2D eigenvalue weighted by molar-refractivity contribution is 5.89. The second-order valence-corrected chi connectivity index (χ2v) is 7.49. The fourth-order valence-electron chi connectivity index (χ4n) is 2.96. The van der Waals surface area contributed by atoms with Crippen molar-refractivity contribution in [3.05, 3.63) is 41.6 Å². The van der Waals surface area contributed by atoms with E-state index >= 15 is 0 Å². The van der Waals surface area contributed by atoms with Crippen molar-refractivity contribution >= 4 is 11.8 Å². The summed E-state index contributed by atoms with van der Waals surface area (Å²) in [6.45, 7) is 7.07. The van der Waals surface area contributed by atoms with Crippen LogP contribution < -0.4 is 10.1 Å². The first-order valence-electron chi connectivity index (χ1n) is 8.55. The number of aryl methyl sites for hydroxylation is 1. The van der Waals surface area contributed by atoms with E-state index < -0.39 is 0 Å². The van der Waals surface area contributed by atoms with E-state index in [9.17, 15) is 4.79 Å². The Hall–Kier alpha value is -2.50. The number of likely N-dealkylation sites (tertiary alicyclic amines) is 1. The van der Waals surface area contributed by atoms with Gasteiger partial charge in [-0.3, -0.25) is 10.00 Å². The monoisotopic (exact) mass is 342 g/mol. The molecule has 134 valence electrons. The SMILES string of the molecule is COc1cccc(C2CCN2C(=O)Nc2cc(C(C)(C)C)nn2C)c1. The van der Waals surface area contributed by atoms with Gasteiger partial charge < -0.3 is 9.64 Å². The van der Waals surface area contributed by atoms with E-state index in [1.165, 1.54) is 0 Å². The maximum atomic E-state index is 12.7. The van der Waals surface area contributed by atoms with Crippen molar-refractivity contribution in [3.8, 4) is 5.75 Å². The number of benzene rings is 1. The molecule has 1 aromatic heterocycles. The number of amides is 2. The number of nitrogens with one attached hydrogen (secondary N) is 1. The van der Waals surface area contributed by atoms with Crippen LogP contribution in [0.25, 0.3) is 0 Å². The van der Waals surface area contributed by atoms with Crippen molar-refractivity contribution in [2.24, 2.45) is 7.05 Å². The molecule has 0 saturated carbocycles. The van der Waals surface area contributed by atoms with Crippen molar-refractivity contribution in [1.29, 1.82) is 0 Å². The Morgan fingerprint density at radius 1 is 1.32 bits per heavy atom. The molecular formula is C19H26N4O2. The van der Waals surface area contributed by atoms with Gasteiger partial charge in [0.15, 0.2) is 0 Å². The zero-order valence-corrected chi connectivity index (χ0v) is 15.5. The Labute approximate surface area is 148 Å². The van der Waals surface area contributed by atoms with Crippen LogP contribution in [0.3, 0.4) is 0 Å². The molecule has 25 heavy (non-hydrogen) atoms. The highest BCUT2D eigenvalue weighted by Crippen LogP contribution is 2.35. The van der Waals surface area contributed by atoms with Gasteiger partial charge in [-0.15, -0.1) is 0 Å². The molecule has 1 fully saturated rings. The smallest absolute Gasteiger partial charge is 0.323 e. The van der Waals surface area contributed by atoms with Gasteiger partial charge in [-0.25, -0.2) is 4.79 Å². The highest BCUT2D eigenvalue weighted by atomic mass is 16.5. The summed E-state index contributed by atoms with van der Waals surface area (Å²) in [6, 6.07) is 9.83. The fourth-order valence-corrected chi connectivity index (χ4v) is 2.96. The molecule has 0 aliphatic carbocycles. The van der Waals surface area contributed by atoms with Crippen LogP contribution in [0.1, 0.15) is 44.5 Å². The van der Waals surface area contributed by atoms with Gasteiger partial charge in [-0.2, -0.15) is 5.10 Å². The Morgan fingerprint density at radius 3 is 2.64 bits per heavy atom. The summed E-state index contributed by atoms with van der Waals surface area (Å²) in [5, 5.41) is 7.49. The molecule has 1 atom stereocenters. The third-order valence-electron chi connectivity index (χ3n) is 4.64. The van der Waals surface area contributed by atoms with E-state index in [1.54, 1.807) is 11.8 Å². The molecule has 2 heterocycles. The Bertz CT molecular complexity index is 776. The summed E-state index contributed by atoms with van der Waals surface area (Å²) >= 11 is 0. The van der Waals surface area contributed by atoms with Gasteiger partial charge >= 0.3 is 6.03 Å². The number of nitrogens with zero attached hydrogens (tertiary/aromatic N) is 3. The summed E-state index contributed by atoms with van der Waals surface area (Å²) in [5.74, 6) is 1.53. The Kier molecular flexibility index (Phi) is 4.45. The largest absolute Gasteiger partial charge is 0.497 e. The first-order chi connectivity index (χ1) is 11.8. The number of carbonyl (C=O) groups excluding carboxylic acids is 1. The summed E-state index contributed by atoms with van der Waals surface area (Å²) in [6.07, 6.45) is 0.958. The number of rotatable bonds is 3. The number of urea groups is 1. The van der Waals surface area contributed by atoms with E-state index in [1.807, 2.05) is 42.3 Å². The van der Waals surface area contributed by atoms with E-state index in [2.05, 4.69) is 31.2 Å². The number of hydrogen-bond acceptors (Lipinski definition) is 3. The first kappa shape index (κ1) is 17.3. The Balaban J connectivity index is 1.72. The summed E-state index contributed by atoms with van der Waals surface area (Å²) in [4.78, 5) is 14.5. The third kappa shape index (κ3) is 3.48. The van der Waals surface area contributed by atoms with Crippen LogP contribution in [-0.4, -0.2) is 34.4 Å². The van der Waals surface area contributed by atoms with Crippen molar-refractivity contribution < 1.29 is 9.53 Å². The van der Waals surface area contributed by atoms with Crippen LogP contribution in [0, 0.1) is 0 Å². The lowest BCUT2D eigenvalue weighted by Crippen LogP contribution is -2.47. The van der Waals surface area contributed by atoms with Gasteiger partial charge in [0.05, 0.1) is 18.8 Å². The molecule has 0 radical (unpaired) electrons. The minimum absolute atomic E-state index is 0.0549. The van der Waals surface area contributed by atoms with Gasteiger partial charge in [-0.05, 0) is 24.1 Å². The molecule has 2 aromatic rings. The van der Waals surface area contributed by atoms with Crippen molar-refractivity contribution in [2.45, 2.75) is 38.6 Å². The Morgan fingerprint density at radius 2 is 2.08 bits per heavy atom. The minimum Gasteiger partial charge on any atom is -0.497 e. The molecule has 3 rings (SSSR count). The van der Waals surface area contributed by atoms with Crippen LogP contribution in [0.5, 0.6) is 5.75 Å². The van der Waals surface area contributed by atoms with Crippen molar-refractivity contribution in [1.82, 2.24) is 14.7 Å². The maximum Gasteiger partial charge on any atom is 0.323 e. The van der Waals surface area contributed by atoms with E-state index in [0.717, 1.165) is 30.0 Å². The molecule has 1 aliphatic heterocycles. The van der Waals surface area contributed by atoms with Gasteiger partial charge in [0.1, 0.15) is 11.6 Å². The average Bonchev–Trinajstić information content (AvgIpc) is 2.87. The molecule has 1 aliphatic rings. The molecule has 0 bridgehead atoms. The van der Waals surface area contributed by atoms with Gasteiger partial charge in [-0.1, -0.05) is 32.9 Å². The first-order valence-corrected chi connectivity index (χ1v) is 8.55. The van der Waals surface area contributed by atoms with E-state index in [-0.39, 0.29) is 17.5 Å². The quantitative estimate of drug-likeness (QED) is 0.925. The lowest BCUT2D eigenvalue weighted by Gasteiger charge is -2.41. The zero-order chi connectivity index (χ0) is 18.2. The highest BCUT2D eigenvalue weighted by Gasteiger charge is 2.34. The zero-order valence-electron chi connectivity index (χ0n) is 15.5. The second-order valence-electron chi connectivity index (χ2n) is 7.49. The molecule has 2 amide bonds. The molecule has 6 heteroatoms. The predicted octanol–water partition coefficient (Wildman–Crippen LogP) is 3.71. The lowest BCUT2D eigenvalue weighted by molar-refractivity contribution is 0.126. The predicted molar refractivity (Wildman–Crippen MR) is 98.0 cm³/mol. The second kappa shape index (κ2) is 6.43. The number of hydrogen-bond donors (Lipinski definition) is 1. The van der Waals surface area contributed by atoms with Crippen LogP contribution in [-0.2, 0) is 12.5 Å². The van der Waals surface area contributed by atoms with Crippen LogP contribution >= 0.6 is 0 Å². The van der Waals surface area contributed by atoms with E-state index in [0.29, 0.717) is 5.82 Å². The van der Waals surface area contributed by atoms with E-state index in [4.69, 9.17) is 4.74 Å². The standard InChI is InChI=1S/C19H26N4O2/c1-19(2,3)16-12-17(22(4)21-16)20-18(24)23-10-9-15(23)13-7-6-8-14(11-13)25-5/h6-8,11-12,15H,9-10H2,1-5H3,(H,20,24). The van der Waals surface area contributed by atoms with Crippen LogP contribution in [0.15, 0.2) is 30.3 Å². The van der Waals surface area contributed by atoms with Crippen LogP contribution in [0.4, 0.5) is 10.6 Å². The number of aromatic nitrogens is 2. The molecule has 1 saturated heterocycles. The number of methoxy groups -OCH3 is 1. The van der Waals surface area contributed by atoms with Gasteiger partial charge in [0, 0.05) is 25.1 Å². The molecule has 6 nitrogen and oxygen atoms in total. The molecule has 0 spiro atoms. The lowest BCUT2D eigenvalue weighted by atomic mass is 9.92. The minimum atomic E-state index is -0.0949. The normalized spacial score (nSPS) is 17.2. The number of carbonyl (C=O) groups is 1.